The SMILES string of the molecule is O=C1CCCCN1CCC(=O)N1CCO[C@@H](CCCc2ccccc2)C1. The molecule has 26 heavy (non-hydrogen) atoms. The average Bonchev–Trinajstić information content (AvgIpc) is 2.68. The van der Waals surface area contributed by atoms with Crippen LogP contribution in [0.4, 0.5) is 0 Å². The van der Waals surface area contributed by atoms with E-state index in [1.165, 1.54) is 5.56 Å². The number of likely N-dealkylation sites (tertiary alicyclic amines) is 1. The minimum absolute atomic E-state index is 0.132. The highest BCUT2D eigenvalue weighted by atomic mass is 16.5. The molecule has 142 valence electrons. The van der Waals surface area contributed by atoms with Crippen molar-refractivity contribution in [2.75, 3.05) is 32.8 Å². The quantitative estimate of drug-likeness (QED) is 0.753. The predicted molar refractivity (Wildman–Crippen MR) is 101 cm³/mol. The van der Waals surface area contributed by atoms with Crippen molar-refractivity contribution in [2.24, 2.45) is 0 Å². The van der Waals surface area contributed by atoms with Gasteiger partial charge in [0, 0.05) is 39.0 Å². The molecule has 2 heterocycles. The van der Waals surface area contributed by atoms with Crippen molar-refractivity contribution in [2.45, 2.75) is 51.0 Å². The van der Waals surface area contributed by atoms with Gasteiger partial charge in [0.1, 0.15) is 0 Å². The Kier molecular flexibility index (Phi) is 7.06. The van der Waals surface area contributed by atoms with Crippen molar-refractivity contribution < 1.29 is 14.3 Å². The monoisotopic (exact) mass is 358 g/mol. The molecule has 1 atom stereocenters. The van der Waals surface area contributed by atoms with Gasteiger partial charge in [-0.05, 0) is 37.7 Å². The molecule has 0 aliphatic carbocycles. The lowest BCUT2D eigenvalue weighted by molar-refractivity contribution is -0.140. The fourth-order valence-electron chi connectivity index (χ4n) is 3.79. The van der Waals surface area contributed by atoms with Gasteiger partial charge in [-0.3, -0.25) is 9.59 Å². The number of hydrogen-bond donors (Lipinski definition) is 0. The first kappa shape index (κ1) is 18.9. The van der Waals surface area contributed by atoms with E-state index in [1.54, 1.807) is 0 Å². The first-order chi connectivity index (χ1) is 12.7. The summed E-state index contributed by atoms with van der Waals surface area (Å²) in [4.78, 5) is 28.1. The molecule has 2 aliphatic heterocycles. The van der Waals surface area contributed by atoms with Crippen molar-refractivity contribution >= 4 is 11.8 Å². The van der Waals surface area contributed by atoms with Crippen LogP contribution >= 0.6 is 0 Å². The molecule has 2 amide bonds. The molecule has 1 aromatic rings. The first-order valence-electron chi connectivity index (χ1n) is 9.93. The number of benzene rings is 1. The van der Waals surface area contributed by atoms with Crippen LogP contribution in [0.3, 0.4) is 0 Å². The van der Waals surface area contributed by atoms with E-state index in [1.807, 2.05) is 15.9 Å². The minimum Gasteiger partial charge on any atom is -0.375 e. The zero-order valence-corrected chi connectivity index (χ0v) is 15.6. The number of carbonyl (C=O) groups excluding carboxylic acids is 2. The Morgan fingerprint density at radius 3 is 2.81 bits per heavy atom. The third-order valence-electron chi connectivity index (χ3n) is 5.34. The van der Waals surface area contributed by atoms with Gasteiger partial charge in [-0.2, -0.15) is 0 Å². The third kappa shape index (κ3) is 5.56. The lowest BCUT2D eigenvalue weighted by atomic mass is 10.0. The highest BCUT2D eigenvalue weighted by Gasteiger charge is 2.25. The Hall–Kier alpha value is -1.88. The number of amides is 2. The van der Waals surface area contributed by atoms with Gasteiger partial charge in [0.15, 0.2) is 0 Å². The maximum Gasteiger partial charge on any atom is 0.224 e. The number of aryl methyl sites for hydroxylation is 1. The zero-order chi connectivity index (χ0) is 18.2. The third-order valence-corrected chi connectivity index (χ3v) is 5.34. The normalized spacial score (nSPS) is 21.1. The smallest absolute Gasteiger partial charge is 0.224 e. The number of morpholine rings is 1. The summed E-state index contributed by atoms with van der Waals surface area (Å²) in [5, 5.41) is 0. The molecular formula is C21H30N2O3. The molecule has 0 bridgehead atoms. The molecule has 5 heteroatoms. The summed E-state index contributed by atoms with van der Waals surface area (Å²) in [6.07, 6.45) is 6.33. The largest absolute Gasteiger partial charge is 0.375 e. The van der Waals surface area contributed by atoms with Crippen LogP contribution in [0, 0.1) is 0 Å². The van der Waals surface area contributed by atoms with Crippen LogP contribution in [0.1, 0.15) is 44.1 Å². The molecule has 5 nitrogen and oxygen atoms in total. The number of rotatable bonds is 7. The molecule has 2 aliphatic rings. The second-order valence-corrected chi connectivity index (χ2v) is 7.30. The van der Waals surface area contributed by atoms with Gasteiger partial charge >= 0.3 is 0 Å². The average molecular weight is 358 g/mol. The first-order valence-corrected chi connectivity index (χ1v) is 9.93. The van der Waals surface area contributed by atoms with Crippen LogP contribution in [0.25, 0.3) is 0 Å². The van der Waals surface area contributed by atoms with Crippen LogP contribution < -0.4 is 0 Å². The van der Waals surface area contributed by atoms with Crippen molar-refractivity contribution in [1.82, 2.24) is 9.80 Å². The molecule has 0 radical (unpaired) electrons. The van der Waals surface area contributed by atoms with E-state index in [4.69, 9.17) is 4.74 Å². The molecule has 0 spiro atoms. The van der Waals surface area contributed by atoms with Crippen LogP contribution in [0.15, 0.2) is 30.3 Å². The standard InChI is InChI=1S/C21H30N2O3/c24-20-11-4-5-13-22(20)14-12-21(25)23-15-16-26-19(17-23)10-6-9-18-7-2-1-3-8-18/h1-3,7-8,19H,4-6,9-17H2/t19-/m0/s1. The summed E-state index contributed by atoms with van der Waals surface area (Å²) in [5.41, 5.74) is 1.35. The fraction of sp³-hybridized carbons (Fsp3) is 0.619. The highest BCUT2D eigenvalue weighted by molar-refractivity contribution is 5.79. The summed E-state index contributed by atoms with van der Waals surface area (Å²) < 4.78 is 5.85. The molecule has 1 aromatic carbocycles. The summed E-state index contributed by atoms with van der Waals surface area (Å²) in [5.74, 6) is 0.351. The zero-order valence-electron chi connectivity index (χ0n) is 15.6. The van der Waals surface area contributed by atoms with E-state index in [9.17, 15) is 9.59 Å². The number of ether oxygens (including phenoxy) is 1. The van der Waals surface area contributed by atoms with E-state index >= 15 is 0 Å². The van der Waals surface area contributed by atoms with Crippen molar-refractivity contribution in [3.63, 3.8) is 0 Å². The highest BCUT2D eigenvalue weighted by Crippen LogP contribution is 2.15. The van der Waals surface area contributed by atoms with E-state index in [0.29, 0.717) is 39.1 Å². The van der Waals surface area contributed by atoms with Crippen LogP contribution in [0.5, 0.6) is 0 Å². The number of hydrogen-bond acceptors (Lipinski definition) is 3. The lowest BCUT2D eigenvalue weighted by Crippen LogP contribution is -2.47. The maximum atomic E-state index is 12.5. The molecule has 0 saturated carbocycles. The van der Waals surface area contributed by atoms with Gasteiger partial charge < -0.3 is 14.5 Å². The maximum absolute atomic E-state index is 12.5. The van der Waals surface area contributed by atoms with Gasteiger partial charge in [-0.25, -0.2) is 0 Å². The number of nitrogens with zero attached hydrogens (tertiary/aromatic N) is 2. The Labute approximate surface area is 156 Å². The van der Waals surface area contributed by atoms with Crippen molar-refractivity contribution in [1.29, 1.82) is 0 Å². The topological polar surface area (TPSA) is 49.9 Å². The number of carbonyl (C=O) groups is 2. The Morgan fingerprint density at radius 1 is 1.15 bits per heavy atom. The van der Waals surface area contributed by atoms with E-state index in [-0.39, 0.29) is 17.9 Å². The summed E-state index contributed by atoms with van der Waals surface area (Å²) in [6.45, 7) is 3.33. The van der Waals surface area contributed by atoms with Crippen LogP contribution in [-0.4, -0.2) is 60.5 Å². The Bertz CT molecular complexity index is 590. The van der Waals surface area contributed by atoms with Gasteiger partial charge in [-0.1, -0.05) is 30.3 Å². The molecule has 2 saturated heterocycles. The Balaban J connectivity index is 1.38. The molecule has 3 rings (SSSR count). The molecule has 0 unspecified atom stereocenters. The van der Waals surface area contributed by atoms with Crippen molar-refractivity contribution in [3.8, 4) is 0 Å². The minimum atomic E-state index is 0.132. The fourth-order valence-corrected chi connectivity index (χ4v) is 3.79. The second-order valence-electron chi connectivity index (χ2n) is 7.30. The van der Waals surface area contributed by atoms with E-state index in [2.05, 4.69) is 24.3 Å². The van der Waals surface area contributed by atoms with Gasteiger partial charge in [0.05, 0.1) is 12.7 Å². The number of piperidine rings is 1. The Morgan fingerprint density at radius 2 is 2.00 bits per heavy atom. The summed E-state index contributed by atoms with van der Waals surface area (Å²) in [7, 11) is 0. The van der Waals surface area contributed by atoms with Gasteiger partial charge in [-0.15, -0.1) is 0 Å². The van der Waals surface area contributed by atoms with Crippen LogP contribution in [0.2, 0.25) is 0 Å². The van der Waals surface area contributed by atoms with Crippen molar-refractivity contribution in [3.05, 3.63) is 35.9 Å². The van der Waals surface area contributed by atoms with Gasteiger partial charge in [0.2, 0.25) is 11.8 Å². The summed E-state index contributed by atoms with van der Waals surface area (Å²) in [6, 6.07) is 10.5. The predicted octanol–water partition coefficient (Wildman–Crippen LogP) is 2.64. The second kappa shape index (κ2) is 9.72. The van der Waals surface area contributed by atoms with Crippen LogP contribution in [-0.2, 0) is 20.7 Å². The molecule has 2 fully saturated rings. The van der Waals surface area contributed by atoms with E-state index in [0.717, 1.165) is 38.6 Å². The lowest BCUT2D eigenvalue weighted by Gasteiger charge is -2.34. The molecule has 0 N–H and O–H groups in total. The molecule has 0 aromatic heterocycles. The summed E-state index contributed by atoms with van der Waals surface area (Å²) >= 11 is 0. The molecular weight excluding hydrogens is 328 g/mol. The van der Waals surface area contributed by atoms with E-state index < -0.39 is 0 Å². The van der Waals surface area contributed by atoms with Gasteiger partial charge in [0.25, 0.3) is 0 Å².